The lowest BCUT2D eigenvalue weighted by Gasteiger charge is -2.18. The number of anilines is 2. The Labute approximate surface area is 159 Å². The zero-order valence-electron chi connectivity index (χ0n) is 13.9. The van der Waals surface area contributed by atoms with Crippen LogP contribution in [0.5, 0.6) is 11.5 Å². The van der Waals surface area contributed by atoms with Crippen LogP contribution in [-0.2, 0) is 9.59 Å². The summed E-state index contributed by atoms with van der Waals surface area (Å²) in [5.74, 6) is -0.355. The number of imide groups is 1. The molecule has 0 aromatic heterocycles. The molecule has 1 heterocycles. The highest BCUT2D eigenvalue weighted by Gasteiger charge is 2.40. The van der Waals surface area contributed by atoms with Crippen LogP contribution in [-0.4, -0.2) is 26.0 Å². The van der Waals surface area contributed by atoms with Crippen LogP contribution in [0.25, 0.3) is 0 Å². The largest absolute Gasteiger partial charge is 0.497 e. The highest BCUT2D eigenvalue weighted by Crippen LogP contribution is 2.37. The van der Waals surface area contributed by atoms with E-state index in [1.54, 1.807) is 36.4 Å². The van der Waals surface area contributed by atoms with Crippen LogP contribution in [0.15, 0.2) is 53.2 Å². The summed E-state index contributed by atoms with van der Waals surface area (Å²) >= 11 is 12.1. The second kappa shape index (κ2) is 7.27. The summed E-state index contributed by atoms with van der Waals surface area (Å²) in [5.41, 5.74) is 0.737. The third-order valence-electron chi connectivity index (χ3n) is 3.75. The van der Waals surface area contributed by atoms with Crippen molar-refractivity contribution in [1.82, 2.24) is 0 Å². The Kier molecular flexibility index (Phi) is 5.06. The van der Waals surface area contributed by atoms with Gasteiger partial charge in [-0.15, -0.1) is 0 Å². The number of methoxy groups -OCH3 is 2. The monoisotopic (exact) mass is 392 g/mol. The average Bonchev–Trinajstić information content (AvgIpc) is 2.85. The van der Waals surface area contributed by atoms with Gasteiger partial charge in [0.05, 0.1) is 19.9 Å². The van der Waals surface area contributed by atoms with Gasteiger partial charge in [-0.3, -0.25) is 9.59 Å². The zero-order valence-corrected chi connectivity index (χ0v) is 15.4. The molecule has 1 aliphatic rings. The molecule has 6 nitrogen and oxygen atoms in total. The van der Waals surface area contributed by atoms with E-state index < -0.39 is 11.8 Å². The third kappa shape index (κ3) is 3.21. The lowest BCUT2D eigenvalue weighted by Crippen LogP contribution is -2.32. The van der Waals surface area contributed by atoms with Crippen molar-refractivity contribution < 1.29 is 19.1 Å². The number of hydrogen-bond donors (Lipinski definition) is 1. The van der Waals surface area contributed by atoms with Crippen molar-refractivity contribution in [1.29, 1.82) is 0 Å². The van der Waals surface area contributed by atoms with Gasteiger partial charge in [-0.1, -0.05) is 29.3 Å². The average molecular weight is 393 g/mol. The van der Waals surface area contributed by atoms with Gasteiger partial charge in [0.15, 0.2) is 0 Å². The van der Waals surface area contributed by atoms with Crippen LogP contribution in [0.2, 0.25) is 5.02 Å². The Morgan fingerprint density at radius 3 is 2.42 bits per heavy atom. The number of carbonyl (C=O) groups excluding carboxylic acids is 2. The fourth-order valence-corrected chi connectivity index (χ4v) is 2.89. The molecule has 0 aliphatic carbocycles. The Morgan fingerprint density at radius 1 is 0.962 bits per heavy atom. The topological polar surface area (TPSA) is 67.9 Å². The Balaban J connectivity index is 1.96. The number of ether oxygens (including phenoxy) is 2. The highest BCUT2D eigenvalue weighted by molar-refractivity contribution is 6.53. The first kappa shape index (κ1) is 18.1. The van der Waals surface area contributed by atoms with E-state index in [1.165, 1.54) is 20.3 Å². The van der Waals surface area contributed by atoms with Crippen molar-refractivity contribution in [3.63, 3.8) is 0 Å². The Hall–Kier alpha value is -2.70. The smallest absolute Gasteiger partial charge is 0.283 e. The quantitative estimate of drug-likeness (QED) is 0.783. The van der Waals surface area contributed by atoms with Gasteiger partial charge < -0.3 is 14.8 Å². The number of halogens is 2. The zero-order chi connectivity index (χ0) is 18.8. The number of rotatable bonds is 5. The summed E-state index contributed by atoms with van der Waals surface area (Å²) in [4.78, 5) is 26.3. The fourth-order valence-electron chi connectivity index (χ4n) is 2.51. The molecule has 0 bridgehead atoms. The minimum Gasteiger partial charge on any atom is -0.497 e. The molecule has 2 amide bonds. The minimum atomic E-state index is -0.664. The van der Waals surface area contributed by atoms with Crippen LogP contribution >= 0.6 is 23.2 Å². The van der Waals surface area contributed by atoms with Gasteiger partial charge in [-0.25, -0.2) is 4.90 Å². The van der Waals surface area contributed by atoms with E-state index in [4.69, 9.17) is 32.7 Å². The predicted molar refractivity (Wildman–Crippen MR) is 100.0 cm³/mol. The predicted octanol–water partition coefficient (Wildman–Crippen LogP) is 3.79. The van der Waals surface area contributed by atoms with Crippen molar-refractivity contribution in [2.24, 2.45) is 0 Å². The van der Waals surface area contributed by atoms with Crippen LogP contribution in [0.1, 0.15) is 0 Å². The lowest BCUT2D eigenvalue weighted by molar-refractivity contribution is -0.120. The van der Waals surface area contributed by atoms with Gasteiger partial charge in [-0.05, 0) is 30.3 Å². The maximum Gasteiger partial charge on any atom is 0.283 e. The molecular weight excluding hydrogens is 379 g/mol. The van der Waals surface area contributed by atoms with Crippen molar-refractivity contribution in [3.05, 3.63) is 58.2 Å². The molecule has 0 unspecified atom stereocenters. The molecule has 0 atom stereocenters. The lowest BCUT2D eigenvalue weighted by atomic mass is 10.2. The molecule has 134 valence electrons. The van der Waals surface area contributed by atoms with Crippen molar-refractivity contribution in [2.45, 2.75) is 0 Å². The second-order valence-electron chi connectivity index (χ2n) is 5.31. The molecule has 0 fully saturated rings. The summed E-state index contributed by atoms with van der Waals surface area (Å²) < 4.78 is 10.4. The minimum absolute atomic E-state index is 0.0352. The number of benzene rings is 2. The molecule has 2 aromatic rings. The van der Waals surface area contributed by atoms with Gasteiger partial charge in [0.25, 0.3) is 11.8 Å². The molecule has 0 spiro atoms. The molecule has 3 rings (SSSR count). The number of amides is 2. The van der Waals surface area contributed by atoms with Crippen LogP contribution in [0.4, 0.5) is 11.4 Å². The molecule has 1 aliphatic heterocycles. The van der Waals surface area contributed by atoms with Crippen molar-refractivity contribution in [3.8, 4) is 11.5 Å². The molecule has 1 N–H and O–H groups in total. The first-order valence-electron chi connectivity index (χ1n) is 7.49. The number of hydrogen-bond acceptors (Lipinski definition) is 5. The number of carbonyl (C=O) groups is 2. The van der Waals surface area contributed by atoms with Crippen LogP contribution in [0.3, 0.4) is 0 Å². The normalized spacial score (nSPS) is 14.1. The van der Waals surface area contributed by atoms with E-state index in [0.717, 1.165) is 4.90 Å². The first-order valence-corrected chi connectivity index (χ1v) is 8.25. The molecule has 2 aromatic carbocycles. The summed E-state index contributed by atoms with van der Waals surface area (Å²) in [6, 6.07) is 11.5. The molecule has 26 heavy (non-hydrogen) atoms. The molecule has 8 heteroatoms. The van der Waals surface area contributed by atoms with Gasteiger partial charge >= 0.3 is 0 Å². The SMILES string of the molecule is COc1cccc(NC2=C(Cl)C(=O)N(c3cc(Cl)ccc3OC)C2=O)c1. The maximum absolute atomic E-state index is 12.8. The number of nitrogens with zero attached hydrogens (tertiary/aromatic N) is 1. The van der Waals surface area contributed by atoms with Crippen molar-refractivity contribution in [2.75, 3.05) is 24.4 Å². The Bertz CT molecular complexity index is 927. The molecule has 0 saturated carbocycles. The second-order valence-corrected chi connectivity index (χ2v) is 6.12. The fraction of sp³-hybridized carbons (Fsp3) is 0.111. The number of nitrogens with one attached hydrogen (secondary N) is 1. The molecule has 0 radical (unpaired) electrons. The van der Waals surface area contributed by atoms with Gasteiger partial charge in [0.2, 0.25) is 0 Å². The van der Waals surface area contributed by atoms with E-state index in [1.807, 2.05) is 0 Å². The van der Waals surface area contributed by atoms with Crippen molar-refractivity contribution >= 4 is 46.4 Å². The molecular formula is C18H14Cl2N2O4. The van der Waals surface area contributed by atoms with E-state index in [2.05, 4.69) is 5.32 Å². The highest BCUT2D eigenvalue weighted by atomic mass is 35.5. The summed E-state index contributed by atoms with van der Waals surface area (Å²) in [7, 11) is 2.96. The van der Waals surface area contributed by atoms with E-state index in [9.17, 15) is 9.59 Å². The van der Waals surface area contributed by atoms with Gasteiger partial charge in [0, 0.05) is 16.8 Å². The van der Waals surface area contributed by atoms with E-state index in [-0.39, 0.29) is 16.4 Å². The summed E-state index contributed by atoms with van der Waals surface area (Å²) in [6.07, 6.45) is 0. The Morgan fingerprint density at radius 2 is 1.73 bits per heavy atom. The van der Waals surface area contributed by atoms with E-state index >= 15 is 0 Å². The summed E-state index contributed by atoms with van der Waals surface area (Å²) in [5, 5.41) is 3.01. The van der Waals surface area contributed by atoms with Gasteiger partial charge in [0.1, 0.15) is 22.2 Å². The maximum atomic E-state index is 12.8. The van der Waals surface area contributed by atoms with Gasteiger partial charge in [-0.2, -0.15) is 0 Å². The van der Waals surface area contributed by atoms with Crippen LogP contribution < -0.4 is 19.7 Å². The van der Waals surface area contributed by atoms with Crippen LogP contribution in [0, 0.1) is 0 Å². The standard InChI is InChI=1S/C18H14Cl2N2O4/c1-25-12-5-3-4-11(9-12)21-16-15(20)17(23)22(18(16)24)13-8-10(19)6-7-14(13)26-2/h3-9,21H,1-2H3. The molecule has 0 saturated heterocycles. The first-order chi connectivity index (χ1) is 12.5. The summed E-state index contributed by atoms with van der Waals surface area (Å²) in [6.45, 7) is 0. The third-order valence-corrected chi connectivity index (χ3v) is 4.33. The van der Waals surface area contributed by atoms with E-state index in [0.29, 0.717) is 22.2 Å².